The van der Waals surface area contributed by atoms with Crippen LogP contribution in [0.25, 0.3) is 0 Å². The predicted molar refractivity (Wildman–Crippen MR) is 127 cm³/mol. The van der Waals surface area contributed by atoms with Crippen molar-refractivity contribution in [3.63, 3.8) is 0 Å². The summed E-state index contributed by atoms with van der Waals surface area (Å²) in [5.74, 6) is 0.963. The van der Waals surface area contributed by atoms with Gasteiger partial charge in [0.25, 0.3) is 5.91 Å². The van der Waals surface area contributed by atoms with Crippen molar-refractivity contribution in [1.82, 2.24) is 9.88 Å². The summed E-state index contributed by atoms with van der Waals surface area (Å²) in [5, 5.41) is 12.0. The maximum Gasteiger partial charge on any atom is 0.260 e. The second-order valence-electron chi connectivity index (χ2n) is 7.48. The van der Waals surface area contributed by atoms with E-state index in [1.165, 1.54) is 6.20 Å². The zero-order valence-corrected chi connectivity index (χ0v) is 18.8. The minimum Gasteiger partial charge on any atom is -0.488 e. The zero-order valence-electron chi connectivity index (χ0n) is 17.3. The van der Waals surface area contributed by atoms with Gasteiger partial charge in [0.1, 0.15) is 24.0 Å². The van der Waals surface area contributed by atoms with Crippen molar-refractivity contribution in [2.75, 3.05) is 18.4 Å². The molecule has 0 bridgehead atoms. The summed E-state index contributed by atoms with van der Waals surface area (Å²) in [6.45, 7) is 2.16. The Morgan fingerprint density at radius 2 is 1.75 bits per heavy atom. The summed E-state index contributed by atoms with van der Waals surface area (Å²) >= 11 is 12.0. The first-order valence-corrected chi connectivity index (χ1v) is 11.0. The molecule has 32 heavy (non-hydrogen) atoms. The predicted octanol–water partition coefficient (Wildman–Crippen LogP) is 5.64. The first-order valence-electron chi connectivity index (χ1n) is 10.3. The molecule has 0 radical (unpaired) electrons. The van der Waals surface area contributed by atoms with Crippen LogP contribution >= 0.6 is 23.2 Å². The number of hydrogen-bond donors (Lipinski definition) is 2. The number of benzene rings is 2. The number of hydrogen-bond acceptors (Lipinski definition) is 4. The van der Waals surface area contributed by atoms with E-state index in [1.54, 1.807) is 30.3 Å². The van der Waals surface area contributed by atoms with Crippen LogP contribution in [0.4, 0.5) is 5.82 Å². The van der Waals surface area contributed by atoms with Crippen molar-refractivity contribution < 1.29 is 9.53 Å². The van der Waals surface area contributed by atoms with Crippen LogP contribution < -0.4 is 10.1 Å². The van der Waals surface area contributed by atoms with Crippen molar-refractivity contribution in [2.24, 2.45) is 0 Å². The van der Waals surface area contributed by atoms with E-state index in [0.29, 0.717) is 33.0 Å². The van der Waals surface area contributed by atoms with E-state index < -0.39 is 0 Å². The average molecular weight is 469 g/mol. The SMILES string of the molecule is N=C(c1ccc(COc2ccc(Cl)cc2C(=O)Nc2ccc(Cl)cn2)cc1)N1CCCC1. The van der Waals surface area contributed by atoms with Crippen LogP contribution in [0.5, 0.6) is 5.75 Å². The number of amides is 1. The number of nitrogens with zero attached hydrogens (tertiary/aromatic N) is 2. The second kappa shape index (κ2) is 10.0. The highest BCUT2D eigenvalue weighted by Gasteiger charge is 2.17. The molecule has 3 aromatic rings. The maximum atomic E-state index is 12.8. The number of nitrogens with one attached hydrogen (secondary N) is 2. The molecule has 1 aromatic heterocycles. The minimum atomic E-state index is -0.383. The highest BCUT2D eigenvalue weighted by atomic mass is 35.5. The summed E-state index contributed by atoms with van der Waals surface area (Å²) in [4.78, 5) is 19.0. The molecule has 0 atom stereocenters. The zero-order chi connectivity index (χ0) is 22.5. The number of ether oxygens (including phenoxy) is 1. The molecule has 4 rings (SSSR count). The van der Waals surface area contributed by atoms with E-state index in [9.17, 15) is 4.79 Å². The van der Waals surface area contributed by atoms with Gasteiger partial charge in [-0.1, -0.05) is 47.5 Å². The first-order chi connectivity index (χ1) is 15.5. The summed E-state index contributed by atoms with van der Waals surface area (Å²) in [6.07, 6.45) is 3.73. The number of amidine groups is 1. The number of halogens is 2. The normalized spacial score (nSPS) is 13.1. The number of anilines is 1. The molecule has 2 N–H and O–H groups in total. The molecule has 164 valence electrons. The molecular weight excluding hydrogens is 447 g/mol. The van der Waals surface area contributed by atoms with Gasteiger partial charge in [0.2, 0.25) is 0 Å². The van der Waals surface area contributed by atoms with Gasteiger partial charge in [-0.25, -0.2) is 4.98 Å². The third kappa shape index (κ3) is 5.39. The lowest BCUT2D eigenvalue weighted by molar-refractivity contribution is 0.102. The number of rotatable bonds is 6. The Hall–Kier alpha value is -3.09. The minimum absolute atomic E-state index is 0.276. The number of pyridine rings is 1. The molecule has 2 heterocycles. The standard InChI is InChI=1S/C24H22Cl2N4O2/c25-18-7-9-21(20(13-18)24(31)29-22-10-8-19(26)14-28-22)32-15-16-3-5-17(6-4-16)23(27)30-11-1-2-12-30/h3-10,13-14,27H,1-2,11-12,15H2,(H,28,29,31). The maximum absolute atomic E-state index is 12.8. The molecule has 2 aromatic carbocycles. The van der Waals surface area contributed by atoms with Crippen molar-refractivity contribution in [3.8, 4) is 5.75 Å². The lowest BCUT2D eigenvalue weighted by Crippen LogP contribution is -2.27. The van der Waals surface area contributed by atoms with Crippen LogP contribution in [0.2, 0.25) is 10.0 Å². The van der Waals surface area contributed by atoms with Gasteiger partial charge in [-0.15, -0.1) is 0 Å². The number of aromatic nitrogens is 1. The quantitative estimate of drug-likeness (QED) is 0.362. The summed E-state index contributed by atoms with van der Waals surface area (Å²) in [6, 6.07) is 15.9. The van der Waals surface area contributed by atoms with Crippen LogP contribution in [0.1, 0.15) is 34.3 Å². The van der Waals surface area contributed by atoms with Gasteiger partial charge in [0.15, 0.2) is 0 Å². The second-order valence-corrected chi connectivity index (χ2v) is 8.36. The molecule has 1 fully saturated rings. The van der Waals surface area contributed by atoms with E-state index >= 15 is 0 Å². The molecule has 6 nitrogen and oxygen atoms in total. The summed E-state index contributed by atoms with van der Waals surface area (Å²) < 4.78 is 5.93. The molecule has 0 aliphatic carbocycles. The summed E-state index contributed by atoms with van der Waals surface area (Å²) in [7, 11) is 0. The van der Waals surface area contributed by atoms with Gasteiger partial charge >= 0.3 is 0 Å². The molecular formula is C24H22Cl2N4O2. The van der Waals surface area contributed by atoms with Crippen molar-refractivity contribution >= 4 is 40.8 Å². The third-order valence-electron chi connectivity index (χ3n) is 5.20. The van der Waals surface area contributed by atoms with Gasteiger partial charge in [0.05, 0.1) is 10.6 Å². The monoisotopic (exact) mass is 468 g/mol. The van der Waals surface area contributed by atoms with Crippen LogP contribution in [0, 0.1) is 5.41 Å². The lowest BCUT2D eigenvalue weighted by Gasteiger charge is -2.18. The highest BCUT2D eigenvalue weighted by molar-refractivity contribution is 6.31. The Kier molecular flexibility index (Phi) is 6.93. The van der Waals surface area contributed by atoms with Gasteiger partial charge in [-0.2, -0.15) is 0 Å². The highest BCUT2D eigenvalue weighted by Crippen LogP contribution is 2.25. The van der Waals surface area contributed by atoms with Crippen LogP contribution in [0.3, 0.4) is 0 Å². The fourth-order valence-corrected chi connectivity index (χ4v) is 3.77. The number of carbonyl (C=O) groups excluding carboxylic acids is 1. The Bertz CT molecular complexity index is 1110. The van der Waals surface area contributed by atoms with Crippen molar-refractivity contribution in [3.05, 3.63) is 87.5 Å². The molecule has 1 aliphatic heterocycles. The lowest BCUT2D eigenvalue weighted by atomic mass is 10.1. The fourth-order valence-electron chi connectivity index (χ4n) is 3.48. The van der Waals surface area contributed by atoms with Crippen LogP contribution in [0.15, 0.2) is 60.8 Å². The topological polar surface area (TPSA) is 78.3 Å². The first kappa shape index (κ1) is 22.1. The smallest absolute Gasteiger partial charge is 0.260 e. The summed E-state index contributed by atoms with van der Waals surface area (Å²) in [5.41, 5.74) is 2.13. The number of likely N-dealkylation sites (tertiary alicyclic amines) is 1. The fraction of sp³-hybridized carbons (Fsp3) is 0.208. The van der Waals surface area contributed by atoms with E-state index in [-0.39, 0.29) is 12.5 Å². The largest absolute Gasteiger partial charge is 0.488 e. The van der Waals surface area contributed by atoms with E-state index in [4.69, 9.17) is 33.3 Å². The molecule has 0 spiro atoms. The van der Waals surface area contributed by atoms with Crippen molar-refractivity contribution in [1.29, 1.82) is 5.41 Å². The molecule has 1 saturated heterocycles. The third-order valence-corrected chi connectivity index (χ3v) is 5.66. The van der Waals surface area contributed by atoms with Crippen LogP contribution in [-0.2, 0) is 6.61 Å². The molecule has 1 amide bonds. The number of carbonyl (C=O) groups is 1. The molecule has 1 aliphatic rings. The molecule has 8 heteroatoms. The van der Waals surface area contributed by atoms with E-state index in [1.807, 2.05) is 24.3 Å². The van der Waals surface area contributed by atoms with E-state index in [2.05, 4.69) is 15.2 Å². The molecule has 0 unspecified atom stereocenters. The van der Waals surface area contributed by atoms with Gasteiger partial charge in [-0.05, 0) is 48.7 Å². The van der Waals surface area contributed by atoms with Crippen LogP contribution in [-0.4, -0.2) is 34.7 Å². The molecule has 0 saturated carbocycles. The Morgan fingerprint density at radius 3 is 2.44 bits per heavy atom. The van der Waals surface area contributed by atoms with Gasteiger partial charge in [-0.3, -0.25) is 10.2 Å². The van der Waals surface area contributed by atoms with Crippen molar-refractivity contribution in [2.45, 2.75) is 19.4 Å². The Morgan fingerprint density at radius 1 is 1.03 bits per heavy atom. The Labute approximate surface area is 196 Å². The van der Waals surface area contributed by atoms with Gasteiger partial charge in [0, 0.05) is 29.9 Å². The van der Waals surface area contributed by atoms with E-state index in [0.717, 1.165) is 37.1 Å². The van der Waals surface area contributed by atoms with Gasteiger partial charge < -0.3 is 15.0 Å². The average Bonchev–Trinajstić information content (AvgIpc) is 3.34. The Balaban J connectivity index is 1.43.